The Labute approximate surface area is 115 Å². The minimum absolute atomic E-state index is 0. The first kappa shape index (κ1) is 15.2. The van der Waals surface area contributed by atoms with E-state index in [-0.39, 0.29) is 24.7 Å². The number of halogens is 3. The molecule has 0 saturated heterocycles. The minimum atomic E-state index is -0.713. The van der Waals surface area contributed by atoms with Gasteiger partial charge in [0.1, 0.15) is 0 Å². The van der Waals surface area contributed by atoms with E-state index in [2.05, 4.69) is 15.2 Å². The lowest BCUT2D eigenvalue weighted by Gasteiger charge is -2.08. The Kier molecular flexibility index (Phi) is 5.11. The monoisotopic (exact) mass is 289 g/mol. The summed E-state index contributed by atoms with van der Waals surface area (Å²) in [5, 5.41) is 6.97. The first-order valence-corrected chi connectivity index (χ1v) is 5.36. The molecule has 4 nitrogen and oxygen atoms in total. The fraction of sp³-hybridized carbons (Fsp3) is 0.250. The maximum Gasteiger partial charge on any atom is 0.190 e. The molecular formula is C12H14ClF2N3O. The lowest BCUT2D eigenvalue weighted by molar-refractivity contribution is 0.356. The number of hydrogen-bond acceptors (Lipinski definition) is 3. The van der Waals surface area contributed by atoms with Crippen molar-refractivity contribution in [3.8, 4) is 5.75 Å². The Balaban J connectivity index is 0.00000180. The molecule has 2 aromatic rings. The smallest absolute Gasteiger partial charge is 0.190 e. The van der Waals surface area contributed by atoms with Crippen LogP contribution in [0.25, 0.3) is 0 Å². The molecule has 19 heavy (non-hydrogen) atoms. The second-order valence-corrected chi connectivity index (χ2v) is 3.73. The van der Waals surface area contributed by atoms with E-state index >= 15 is 0 Å². The molecular weight excluding hydrogens is 276 g/mol. The molecule has 0 saturated carbocycles. The van der Waals surface area contributed by atoms with E-state index in [1.165, 1.54) is 19.2 Å². The first-order valence-electron chi connectivity index (χ1n) is 5.36. The summed E-state index contributed by atoms with van der Waals surface area (Å²) < 4.78 is 33.4. The van der Waals surface area contributed by atoms with Crippen LogP contribution in [0.4, 0.5) is 14.5 Å². The van der Waals surface area contributed by atoms with E-state index in [1.807, 2.05) is 0 Å². The Bertz CT molecular complexity index is 560. The zero-order valence-electron chi connectivity index (χ0n) is 10.5. The van der Waals surface area contributed by atoms with Crippen molar-refractivity contribution in [3.63, 3.8) is 0 Å². The highest BCUT2D eigenvalue weighted by Gasteiger charge is 2.14. The van der Waals surface area contributed by atoms with Gasteiger partial charge in [-0.15, -0.1) is 12.4 Å². The van der Waals surface area contributed by atoms with Crippen LogP contribution in [0.15, 0.2) is 24.5 Å². The second kappa shape index (κ2) is 6.38. The molecule has 0 aliphatic carbocycles. The molecule has 0 unspecified atom stereocenters. The molecule has 0 spiro atoms. The van der Waals surface area contributed by atoms with Gasteiger partial charge in [0.15, 0.2) is 17.4 Å². The van der Waals surface area contributed by atoms with Crippen molar-refractivity contribution in [1.82, 2.24) is 9.78 Å². The van der Waals surface area contributed by atoms with Crippen LogP contribution < -0.4 is 10.1 Å². The third kappa shape index (κ3) is 3.14. The zero-order valence-corrected chi connectivity index (χ0v) is 11.3. The zero-order chi connectivity index (χ0) is 13.1. The van der Waals surface area contributed by atoms with Gasteiger partial charge in [0, 0.05) is 18.8 Å². The summed E-state index contributed by atoms with van der Waals surface area (Å²) >= 11 is 0. The molecule has 7 heteroatoms. The molecule has 0 aliphatic rings. The fourth-order valence-corrected chi connectivity index (χ4v) is 1.64. The van der Waals surface area contributed by atoms with Crippen molar-refractivity contribution in [3.05, 3.63) is 41.7 Å². The number of nitrogens with zero attached hydrogens (tertiary/aromatic N) is 2. The van der Waals surface area contributed by atoms with Crippen molar-refractivity contribution in [2.24, 2.45) is 0 Å². The van der Waals surface area contributed by atoms with Gasteiger partial charge >= 0.3 is 0 Å². The minimum Gasteiger partial charge on any atom is -0.491 e. The number of rotatable bonds is 4. The van der Waals surface area contributed by atoms with E-state index in [1.54, 1.807) is 24.1 Å². The molecule has 1 aromatic heterocycles. The summed E-state index contributed by atoms with van der Waals surface area (Å²) in [6, 6.07) is 2.56. The van der Waals surface area contributed by atoms with E-state index < -0.39 is 11.6 Å². The van der Waals surface area contributed by atoms with Gasteiger partial charge in [0.05, 0.1) is 25.5 Å². The highest BCUT2D eigenvalue weighted by molar-refractivity contribution is 5.85. The van der Waals surface area contributed by atoms with Gasteiger partial charge in [0.2, 0.25) is 0 Å². The molecule has 0 atom stereocenters. The fourth-order valence-electron chi connectivity index (χ4n) is 1.64. The Hall–Kier alpha value is -1.82. The SMILES string of the molecule is CNc1cnn(Cc2ccc(F)c(OC)c2F)c1.Cl. The van der Waals surface area contributed by atoms with Crippen LogP contribution in [0.1, 0.15) is 5.56 Å². The number of hydrogen-bond donors (Lipinski definition) is 1. The Morgan fingerprint density at radius 1 is 1.37 bits per heavy atom. The lowest BCUT2D eigenvalue weighted by Crippen LogP contribution is -2.04. The third-order valence-electron chi connectivity index (χ3n) is 2.59. The summed E-state index contributed by atoms with van der Waals surface area (Å²) in [6.45, 7) is 0.212. The summed E-state index contributed by atoms with van der Waals surface area (Å²) in [6.07, 6.45) is 3.36. The highest BCUT2D eigenvalue weighted by Crippen LogP contribution is 2.24. The predicted octanol–water partition coefficient (Wildman–Crippen LogP) is 2.68. The van der Waals surface area contributed by atoms with Crippen LogP contribution in [0, 0.1) is 11.6 Å². The molecule has 0 bridgehead atoms. The molecule has 0 fully saturated rings. The average Bonchev–Trinajstić information content (AvgIpc) is 2.81. The standard InChI is InChI=1S/C12H13F2N3O.ClH/c1-15-9-5-16-17(7-9)6-8-3-4-10(13)12(18-2)11(8)14;/h3-5,7,15H,6H2,1-2H3;1H. The van der Waals surface area contributed by atoms with Gasteiger partial charge in [-0.05, 0) is 6.07 Å². The van der Waals surface area contributed by atoms with Crippen LogP contribution in [0.5, 0.6) is 5.75 Å². The van der Waals surface area contributed by atoms with E-state index in [4.69, 9.17) is 0 Å². The molecule has 0 aliphatic heterocycles. The van der Waals surface area contributed by atoms with Crippen LogP contribution >= 0.6 is 12.4 Å². The molecule has 1 heterocycles. The summed E-state index contributed by atoms with van der Waals surface area (Å²) in [7, 11) is 3.00. The molecule has 1 N–H and O–H groups in total. The predicted molar refractivity (Wildman–Crippen MR) is 71.0 cm³/mol. The van der Waals surface area contributed by atoms with E-state index in [0.717, 1.165) is 5.69 Å². The first-order chi connectivity index (χ1) is 8.65. The van der Waals surface area contributed by atoms with Gasteiger partial charge in [-0.1, -0.05) is 6.07 Å². The number of nitrogens with one attached hydrogen (secondary N) is 1. The number of methoxy groups -OCH3 is 1. The lowest BCUT2D eigenvalue weighted by atomic mass is 10.2. The van der Waals surface area contributed by atoms with Crippen LogP contribution in [-0.4, -0.2) is 23.9 Å². The molecule has 104 valence electrons. The molecule has 2 rings (SSSR count). The van der Waals surface area contributed by atoms with Crippen LogP contribution in [-0.2, 0) is 6.54 Å². The van der Waals surface area contributed by atoms with Gasteiger partial charge in [0.25, 0.3) is 0 Å². The van der Waals surface area contributed by atoms with Crippen molar-refractivity contribution in [2.45, 2.75) is 6.54 Å². The maximum atomic E-state index is 13.9. The average molecular weight is 290 g/mol. The van der Waals surface area contributed by atoms with Crippen molar-refractivity contribution >= 4 is 18.1 Å². The third-order valence-corrected chi connectivity index (χ3v) is 2.59. The number of aromatic nitrogens is 2. The highest BCUT2D eigenvalue weighted by atomic mass is 35.5. The van der Waals surface area contributed by atoms with E-state index in [9.17, 15) is 8.78 Å². The largest absolute Gasteiger partial charge is 0.491 e. The van der Waals surface area contributed by atoms with Crippen LogP contribution in [0.2, 0.25) is 0 Å². The van der Waals surface area contributed by atoms with E-state index in [0.29, 0.717) is 5.56 Å². The maximum absolute atomic E-state index is 13.9. The number of ether oxygens (including phenoxy) is 1. The normalized spacial score (nSPS) is 9.89. The van der Waals surface area contributed by atoms with Crippen LogP contribution in [0.3, 0.4) is 0 Å². The van der Waals surface area contributed by atoms with Gasteiger partial charge in [-0.3, -0.25) is 4.68 Å². The summed E-state index contributed by atoms with van der Waals surface area (Å²) in [4.78, 5) is 0. The van der Waals surface area contributed by atoms with Crippen molar-refractivity contribution in [2.75, 3.05) is 19.5 Å². The topological polar surface area (TPSA) is 39.1 Å². The van der Waals surface area contributed by atoms with Crippen molar-refractivity contribution < 1.29 is 13.5 Å². The quantitative estimate of drug-likeness (QED) is 0.940. The molecule has 1 aromatic carbocycles. The Morgan fingerprint density at radius 2 is 2.11 bits per heavy atom. The number of anilines is 1. The molecule has 0 amide bonds. The van der Waals surface area contributed by atoms with Gasteiger partial charge < -0.3 is 10.1 Å². The second-order valence-electron chi connectivity index (χ2n) is 3.73. The molecule has 0 radical (unpaired) electrons. The summed E-state index contributed by atoms with van der Waals surface area (Å²) in [5.74, 6) is -1.78. The van der Waals surface area contributed by atoms with Gasteiger partial charge in [-0.25, -0.2) is 8.78 Å². The Morgan fingerprint density at radius 3 is 2.68 bits per heavy atom. The van der Waals surface area contributed by atoms with Gasteiger partial charge in [-0.2, -0.15) is 5.10 Å². The van der Waals surface area contributed by atoms with Crippen molar-refractivity contribution in [1.29, 1.82) is 0 Å². The number of benzene rings is 1. The summed E-state index contributed by atoms with van der Waals surface area (Å²) in [5.41, 5.74) is 1.14.